The topological polar surface area (TPSA) is 104 Å². The fourth-order valence-electron chi connectivity index (χ4n) is 8.94. The minimum Gasteiger partial charge on any atom is -0.497 e. The van der Waals surface area contributed by atoms with Gasteiger partial charge < -0.3 is 14.2 Å². The number of hydrogen-bond donors (Lipinski definition) is 1. The Balaban J connectivity index is 1.32. The molecule has 244 valence electrons. The number of carbonyl (C=O) groups excluding carboxylic acids is 2. The van der Waals surface area contributed by atoms with Gasteiger partial charge in [0.1, 0.15) is 5.75 Å². The summed E-state index contributed by atoms with van der Waals surface area (Å²) in [4.78, 5) is 32.8. The summed E-state index contributed by atoms with van der Waals surface area (Å²) in [5.41, 5.74) is 5.33. The van der Waals surface area contributed by atoms with Crippen molar-refractivity contribution in [2.24, 2.45) is 5.41 Å². The van der Waals surface area contributed by atoms with E-state index >= 15 is 0 Å². The van der Waals surface area contributed by atoms with Gasteiger partial charge in [0.15, 0.2) is 0 Å². The lowest BCUT2D eigenvalue weighted by Crippen LogP contribution is -2.52. The zero-order chi connectivity index (χ0) is 32.0. The van der Waals surface area contributed by atoms with E-state index in [0.29, 0.717) is 12.5 Å². The molecule has 8 rings (SSSR count). The standard InChI is InChI=1S/C35H43N5O5S/c1-37(2)46(43,44)36-33(41)23-9-11-27-30(17-23)40-21-35(34(42)39-16-15-38-14-13-24(39)20-38)19-29(35)28-18-25(45-3)10-12-26(28)32(40)31(27)22-7-5-4-6-8-22/h9-12,17-18,22,24,29H,4-8,13-16,19-21H2,1-3H3,(H,36,41). The molecule has 2 saturated heterocycles. The SMILES string of the molecule is COc1ccc2c(c1)C1CC1(C(=O)N1CCN3CCC1C3)Cn1c-2c(C2CCCCC2)c2ccc(C(=O)NS(=O)(=O)N(C)C)cc21. The van der Waals surface area contributed by atoms with Crippen molar-refractivity contribution in [3.63, 3.8) is 0 Å². The van der Waals surface area contributed by atoms with E-state index in [4.69, 9.17) is 4.74 Å². The number of hydrogen-bond acceptors (Lipinski definition) is 6. The number of carbonyl (C=O) groups is 2. The third kappa shape index (κ3) is 4.60. The van der Waals surface area contributed by atoms with Gasteiger partial charge >= 0.3 is 10.2 Å². The molecule has 4 unspecified atom stereocenters. The van der Waals surface area contributed by atoms with Gasteiger partial charge in [0.25, 0.3) is 5.91 Å². The molecule has 2 aliphatic carbocycles. The van der Waals surface area contributed by atoms with Crippen molar-refractivity contribution in [2.45, 2.75) is 69.4 Å². The van der Waals surface area contributed by atoms with Gasteiger partial charge in [-0.2, -0.15) is 12.7 Å². The molecule has 10 nitrogen and oxygen atoms in total. The first-order valence-electron chi connectivity index (χ1n) is 16.7. The molecule has 2 amide bonds. The minimum absolute atomic E-state index is 0.0791. The van der Waals surface area contributed by atoms with E-state index in [1.54, 1.807) is 13.2 Å². The highest BCUT2D eigenvalue weighted by Crippen LogP contribution is 2.66. The summed E-state index contributed by atoms with van der Waals surface area (Å²) in [5.74, 6) is 0.816. The van der Waals surface area contributed by atoms with Crippen LogP contribution in [0.25, 0.3) is 22.2 Å². The van der Waals surface area contributed by atoms with Crippen molar-refractivity contribution < 1.29 is 22.7 Å². The van der Waals surface area contributed by atoms with E-state index in [2.05, 4.69) is 31.2 Å². The van der Waals surface area contributed by atoms with Crippen LogP contribution in [0.2, 0.25) is 0 Å². The molecule has 0 radical (unpaired) electrons. The van der Waals surface area contributed by atoms with Crippen LogP contribution in [-0.2, 0) is 21.5 Å². The molecular weight excluding hydrogens is 602 g/mol. The number of nitrogens with zero attached hydrogens (tertiary/aromatic N) is 4. The van der Waals surface area contributed by atoms with Crippen LogP contribution in [0.3, 0.4) is 0 Å². The Bertz CT molecular complexity index is 1860. The summed E-state index contributed by atoms with van der Waals surface area (Å²) < 4.78 is 36.4. The average Bonchev–Trinajstić information content (AvgIpc) is 3.58. The van der Waals surface area contributed by atoms with Gasteiger partial charge in [0.2, 0.25) is 5.91 Å². The molecule has 4 fully saturated rings. The monoisotopic (exact) mass is 645 g/mol. The molecular formula is C35H43N5O5S. The van der Waals surface area contributed by atoms with Gasteiger partial charge in [-0.25, -0.2) is 4.72 Å². The van der Waals surface area contributed by atoms with Crippen molar-refractivity contribution >= 4 is 32.9 Å². The second-order valence-corrected chi connectivity index (χ2v) is 16.1. The number of aromatic nitrogens is 1. The van der Waals surface area contributed by atoms with Crippen LogP contribution < -0.4 is 9.46 Å². The Labute approximate surface area is 270 Å². The minimum atomic E-state index is -3.96. The lowest BCUT2D eigenvalue weighted by atomic mass is 9.81. The van der Waals surface area contributed by atoms with Crippen molar-refractivity contribution in [3.8, 4) is 17.0 Å². The Morgan fingerprint density at radius 2 is 1.80 bits per heavy atom. The van der Waals surface area contributed by atoms with Gasteiger partial charge in [-0.15, -0.1) is 0 Å². The zero-order valence-electron chi connectivity index (χ0n) is 26.9. The molecule has 2 saturated carbocycles. The molecule has 3 aromatic rings. The Morgan fingerprint density at radius 3 is 2.57 bits per heavy atom. The highest BCUT2D eigenvalue weighted by Gasteiger charge is 2.64. The van der Waals surface area contributed by atoms with Crippen molar-refractivity contribution in [2.75, 3.05) is 47.4 Å². The van der Waals surface area contributed by atoms with Crippen LogP contribution in [0.4, 0.5) is 0 Å². The maximum atomic E-state index is 14.8. The van der Waals surface area contributed by atoms with Crippen molar-refractivity contribution in [1.82, 2.24) is 23.4 Å². The van der Waals surface area contributed by atoms with Gasteiger partial charge in [-0.3, -0.25) is 14.5 Å². The molecule has 3 aliphatic heterocycles. The van der Waals surface area contributed by atoms with Gasteiger partial charge in [0, 0.05) is 80.8 Å². The quantitative estimate of drug-likeness (QED) is 0.429. The smallest absolute Gasteiger partial charge is 0.303 e. The maximum Gasteiger partial charge on any atom is 0.303 e. The third-order valence-corrected chi connectivity index (χ3v) is 12.9. The predicted molar refractivity (Wildman–Crippen MR) is 176 cm³/mol. The van der Waals surface area contributed by atoms with Gasteiger partial charge in [-0.05, 0) is 73.1 Å². The first kappa shape index (κ1) is 30.0. The molecule has 4 heterocycles. The Hall–Kier alpha value is -3.41. The summed E-state index contributed by atoms with van der Waals surface area (Å²) in [6.45, 7) is 4.22. The van der Waals surface area contributed by atoms with E-state index in [0.717, 1.165) is 84.1 Å². The number of methoxy groups -OCH3 is 1. The van der Waals surface area contributed by atoms with E-state index in [1.807, 2.05) is 18.2 Å². The van der Waals surface area contributed by atoms with E-state index < -0.39 is 21.5 Å². The normalized spacial score (nSPS) is 27.1. The highest BCUT2D eigenvalue weighted by molar-refractivity contribution is 7.87. The van der Waals surface area contributed by atoms with Crippen molar-refractivity contribution in [1.29, 1.82) is 0 Å². The second kappa shape index (κ2) is 10.8. The third-order valence-electron chi connectivity index (χ3n) is 11.5. The van der Waals surface area contributed by atoms with E-state index in [1.165, 1.54) is 44.5 Å². The van der Waals surface area contributed by atoms with Crippen LogP contribution in [0, 0.1) is 5.41 Å². The Morgan fingerprint density at radius 1 is 1.00 bits per heavy atom. The lowest BCUT2D eigenvalue weighted by molar-refractivity contribution is -0.141. The molecule has 2 aromatic carbocycles. The molecule has 0 spiro atoms. The fourth-order valence-corrected chi connectivity index (χ4v) is 9.48. The fraction of sp³-hybridized carbons (Fsp3) is 0.543. The summed E-state index contributed by atoms with van der Waals surface area (Å²) in [7, 11) is 0.515. The number of ether oxygens (including phenoxy) is 1. The largest absolute Gasteiger partial charge is 0.497 e. The summed E-state index contributed by atoms with van der Waals surface area (Å²) in [5, 5.41) is 1.08. The first-order chi connectivity index (χ1) is 22.1. The van der Waals surface area contributed by atoms with Gasteiger partial charge in [0.05, 0.1) is 18.2 Å². The molecule has 1 N–H and O–H groups in total. The number of rotatable bonds is 6. The number of amides is 2. The number of piperazine rings is 1. The Kier molecular flexibility index (Phi) is 7.04. The van der Waals surface area contributed by atoms with Crippen LogP contribution in [-0.4, -0.2) is 92.3 Å². The molecule has 2 bridgehead atoms. The highest BCUT2D eigenvalue weighted by atomic mass is 32.2. The second-order valence-electron chi connectivity index (χ2n) is 14.2. The maximum absolute atomic E-state index is 14.8. The summed E-state index contributed by atoms with van der Waals surface area (Å²) in [6.07, 6.45) is 7.58. The van der Waals surface area contributed by atoms with Gasteiger partial charge in [-0.1, -0.05) is 25.3 Å². The van der Waals surface area contributed by atoms with Crippen LogP contribution >= 0.6 is 0 Å². The lowest BCUT2D eigenvalue weighted by Gasteiger charge is -2.37. The first-order valence-corrected chi connectivity index (χ1v) is 18.2. The molecule has 5 aliphatic rings. The van der Waals surface area contributed by atoms with Crippen LogP contribution in [0.1, 0.15) is 78.3 Å². The zero-order valence-corrected chi connectivity index (χ0v) is 27.7. The molecule has 4 atom stereocenters. The summed E-state index contributed by atoms with van der Waals surface area (Å²) in [6, 6.07) is 12.2. The summed E-state index contributed by atoms with van der Waals surface area (Å²) >= 11 is 0. The number of nitrogens with one attached hydrogen (secondary N) is 1. The number of benzene rings is 2. The van der Waals surface area contributed by atoms with Crippen molar-refractivity contribution in [3.05, 3.63) is 53.1 Å². The van der Waals surface area contributed by atoms with Crippen LogP contribution in [0.15, 0.2) is 36.4 Å². The molecule has 46 heavy (non-hydrogen) atoms. The average molecular weight is 646 g/mol. The van der Waals surface area contributed by atoms with E-state index in [-0.39, 0.29) is 23.4 Å². The number of fused-ring (bicyclic) bond motifs is 9. The predicted octanol–water partition coefficient (Wildman–Crippen LogP) is 4.30. The van der Waals surface area contributed by atoms with Crippen LogP contribution in [0.5, 0.6) is 5.75 Å². The molecule has 11 heteroatoms. The molecule has 1 aromatic heterocycles. The van der Waals surface area contributed by atoms with E-state index in [9.17, 15) is 18.0 Å².